The quantitative estimate of drug-likeness (QED) is 0.497. The zero-order valence-electron chi connectivity index (χ0n) is 15.9. The summed E-state index contributed by atoms with van der Waals surface area (Å²) >= 11 is 1.03. The highest BCUT2D eigenvalue weighted by molar-refractivity contribution is 7.98. The first kappa shape index (κ1) is 21.7. The van der Waals surface area contributed by atoms with E-state index in [1.165, 1.54) is 29.6 Å². The summed E-state index contributed by atoms with van der Waals surface area (Å²) in [5.41, 5.74) is 0.151. The summed E-state index contributed by atoms with van der Waals surface area (Å²) < 4.78 is 61.6. The third-order valence-electron chi connectivity index (χ3n) is 4.26. The van der Waals surface area contributed by atoms with Crippen LogP contribution in [0.15, 0.2) is 29.4 Å². The summed E-state index contributed by atoms with van der Waals surface area (Å²) in [6.45, 7) is 3.24. The van der Waals surface area contributed by atoms with Crippen LogP contribution < -0.4 is 14.8 Å². The van der Waals surface area contributed by atoms with E-state index in [1.54, 1.807) is 6.92 Å². The summed E-state index contributed by atoms with van der Waals surface area (Å²) in [7, 11) is -2.44. The molecule has 0 radical (unpaired) electrons. The van der Waals surface area contributed by atoms with Crippen molar-refractivity contribution in [2.45, 2.75) is 23.9 Å². The number of rotatable bonds is 7. The first-order valence-corrected chi connectivity index (χ1v) is 11.2. The number of aromatic nitrogens is 2. The standard InChI is InChI=1S/C17H21F2N5O3S2/c1-11-9-20-6-7-24(11)29(25,26)23-14-8-15(27-2)22-17(21-14)28-10-12-4-3-5-13(18)16(12)19/h3-5,8,11,20H,6-7,9-10H2,1-2H3,(H,21,22,23)/t11-/m0/s1. The van der Waals surface area contributed by atoms with Crippen LogP contribution in [-0.2, 0) is 16.0 Å². The highest BCUT2D eigenvalue weighted by Crippen LogP contribution is 2.26. The molecule has 0 saturated carbocycles. The smallest absolute Gasteiger partial charge is 0.303 e. The maximum absolute atomic E-state index is 13.8. The van der Waals surface area contributed by atoms with Crippen LogP contribution in [0.25, 0.3) is 0 Å². The van der Waals surface area contributed by atoms with Gasteiger partial charge in [0.15, 0.2) is 16.8 Å². The van der Waals surface area contributed by atoms with Crippen molar-refractivity contribution in [1.82, 2.24) is 19.6 Å². The molecular formula is C17H21F2N5O3S2. The van der Waals surface area contributed by atoms with Crippen LogP contribution in [0.2, 0.25) is 0 Å². The Morgan fingerprint density at radius 1 is 1.38 bits per heavy atom. The number of piperazine rings is 1. The van der Waals surface area contributed by atoms with E-state index in [4.69, 9.17) is 4.74 Å². The fourth-order valence-electron chi connectivity index (χ4n) is 2.80. The number of ether oxygens (including phenoxy) is 1. The second-order valence-electron chi connectivity index (χ2n) is 6.35. The van der Waals surface area contributed by atoms with Crippen LogP contribution in [0.1, 0.15) is 12.5 Å². The zero-order valence-corrected chi connectivity index (χ0v) is 17.5. The fourth-order valence-corrected chi connectivity index (χ4v) is 4.99. The number of hydrogen-bond acceptors (Lipinski definition) is 7. The van der Waals surface area contributed by atoms with Crippen molar-refractivity contribution >= 4 is 27.8 Å². The number of hydrogen-bond donors (Lipinski definition) is 2. The van der Waals surface area contributed by atoms with Gasteiger partial charge in [0, 0.05) is 43.1 Å². The first-order chi connectivity index (χ1) is 13.8. The van der Waals surface area contributed by atoms with E-state index in [2.05, 4.69) is 20.0 Å². The minimum absolute atomic E-state index is 0.0322. The van der Waals surface area contributed by atoms with E-state index >= 15 is 0 Å². The third-order valence-corrected chi connectivity index (χ3v) is 6.79. The Morgan fingerprint density at radius 2 is 2.17 bits per heavy atom. The summed E-state index contributed by atoms with van der Waals surface area (Å²) in [5, 5.41) is 3.29. The van der Waals surface area contributed by atoms with Gasteiger partial charge in [0.25, 0.3) is 0 Å². The minimum Gasteiger partial charge on any atom is -0.481 e. The van der Waals surface area contributed by atoms with Crippen LogP contribution in [0.5, 0.6) is 5.88 Å². The van der Waals surface area contributed by atoms with Gasteiger partial charge in [-0.1, -0.05) is 23.9 Å². The lowest BCUT2D eigenvalue weighted by Crippen LogP contribution is -2.53. The highest BCUT2D eigenvalue weighted by atomic mass is 32.2. The fraction of sp³-hybridized carbons (Fsp3) is 0.412. The van der Waals surface area contributed by atoms with Crippen LogP contribution in [0.4, 0.5) is 14.6 Å². The molecule has 1 aromatic heterocycles. The number of anilines is 1. The summed E-state index contributed by atoms with van der Waals surface area (Å²) in [4.78, 5) is 8.31. The molecule has 29 heavy (non-hydrogen) atoms. The van der Waals surface area contributed by atoms with E-state index < -0.39 is 21.8 Å². The SMILES string of the molecule is COc1cc(NS(=O)(=O)N2CCNC[C@@H]2C)nc(SCc2cccc(F)c2F)n1. The maximum Gasteiger partial charge on any atom is 0.303 e. The Hall–Kier alpha value is -2.02. The van der Waals surface area contributed by atoms with Crippen molar-refractivity contribution in [3.63, 3.8) is 0 Å². The van der Waals surface area contributed by atoms with Crippen LogP contribution >= 0.6 is 11.8 Å². The lowest BCUT2D eigenvalue weighted by Gasteiger charge is -2.32. The molecule has 1 aliphatic rings. The van der Waals surface area contributed by atoms with Gasteiger partial charge in [0.1, 0.15) is 5.82 Å². The van der Waals surface area contributed by atoms with Gasteiger partial charge in [-0.2, -0.15) is 17.7 Å². The molecule has 0 amide bonds. The molecule has 3 rings (SSSR count). The summed E-state index contributed by atoms with van der Waals surface area (Å²) in [6, 6.07) is 5.05. The van der Waals surface area contributed by atoms with Crippen molar-refractivity contribution in [2.24, 2.45) is 0 Å². The second-order valence-corrected chi connectivity index (χ2v) is 8.92. The monoisotopic (exact) mass is 445 g/mol. The normalized spacial score (nSPS) is 17.9. The van der Waals surface area contributed by atoms with E-state index in [0.29, 0.717) is 19.6 Å². The Morgan fingerprint density at radius 3 is 2.90 bits per heavy atom. The largest absolute Gasteiger partial charge is 0.481 e. The third kappa shape index (κ3) is 5.32. The Labute approximate surface area is 172 Å². The molecule has 1 fully saturated rings. The van der Waals surface area contributed by atoms with Gasteiger partial charge < -0.3 is 10.1 Å². The summed E-state index contributed by atoms with van der Waals surface area (Å²) in [5.74, 6) is -1.62. The van der Waals surface area contributed by atoms with E-state index in [9.17, 15) is 17.2 Å². The molecule has 2 heterocycles. The van der Waals surface area contributed by atoms with Crippen LogP contribution in [-0.4, -0.2) is 55.5 Å². The van der Waals surface area contributed by atoms with Gasteiger partial charge >= 0.3 is 10.2 Å². The number of nitrogens with one attached hydrogen (secondary N) is 2. The lowest BCUT2D eigenvalue weighted by atomic mass is 10.2. The molecule has 1 aromatic carbocycles. The first-order valence-electron chi connectivity index (χ1n) is 8.79. The van der Waals surface area contributed by atoms with Crippen LogP contribution in [0, 0.1) is 11.6 Å². The molecule has 0 unspecified atom stereocenters. The zero-order chi connectivity index (χ0) is 21.0. The van der Waals surface area contributed by atoms with Crippen molar-refractivity contribution in [2.75, 3.05) is 31.5 Å². The second kappa shape index (κ2) is 9.20. The maximum atomic E-state index is 13.8. The predicted molar refractivity (Wildman–Crippen MR) is 106 cm³/mol. The summed E-state index contributed by atoms with van der Waals surface area (Å²) in [6.07, 6.45) is 0. The number of nitrogens with zero attached hydrogens (tertiary/aromatic N) is 3. The molecule has 2 N–H and O–H groups in total. The number of thioether (sulfide) groups is 1. The Kier molecular flexibility index (Phi) is 6.88. The van der Waals surface area contributed by atoms with Crippen molar-refractivity contribution in [3.8, 4) is 5.88 Å². The van der Waals surface area contributed by atoms with Gasteiger partial charge in [-0.05, 0) is 13.0 Å². The van der Waals surface area contributed by atoms with Gasteiger partial charge in [0.05, 0.1) is 7.11 Å². The van der Waals surface area contributed by atoms with E-state index in [1.807, 2.05) is 0 Å². The number of methoxy groups -OCH3 is 1. The van der Waals surface area contributed by atoms with E-state index in [0.717, 1.165) is 17.8 Å². The Bertz CT molecular complexity index is 978. The molecule has 12 heteroatoms. The van der Waals surface area contributed by atoms with Crippen molar-refractivity contribution in [1.29, 1.82) is 0 Å². The molecule has 0 bridgehead atoms. The average molecular weight is 446 g/mol. The molecule has 1 aliphatic heterocycles. The molecule has 2 aromatic rings. The predicted octanol–water partition coefficient (Wildman–Crippen LogP) is 2.01. The number of halogens is 2. The van der Waals surface area contributed by atoms with Gasteiger partial charge in [-0.3, -0.25) is 4.72 Å². The topological polar surface area (TPSA) is 96.5 Å². The molecule has 8 nitrogen and oxygen atoms in total. The van der Waals surface area contributed by atoms with Crippen molar-refractivity contribution < 1.29 is 21.9 Å². The Balaban J connectivity index is 1.79. The highest BCUT2D eigenvalue weighted by Gasteiger charge is 2.30. The molecule has 1 atom stereocenters. The molecule has 1 saturated heterocycles. The van der Waals surface area contributed by atoms with Gasteiger partial charge in [-0.25, -0.2) is 13.8 Å². The van der Waals surface area contributed by atoms with Crippen LogP contribution in [0.3, 0.4) is 0 Å². The van der Waals surface area contributed by atoms with E-state index in [-0.39, 0.29) is 34.2 Å². The molecule has 0 spiro atoms. The van der Waals surface area contributed by atoms with Crippen molar-refractivity contribution in [3.05, 3.63) is 41.5 Å². The minimum atomic E-state index is -3.83. The number of benzene rings is 1. The molecule has 0 aliphatic carbocycles. The lowest BCUT2D eigenvalue weighted by molar-refractivity contribution is 0.285. The molecular weight excluding hydrogens is 424 g/mol. The van der Waals surface area contributed by atoms with Gasteiger partial charge in [-0.15, -0.1) is 0 Å². The van der Waals surface area contributed by atoms with Gasteiger partial charge in [0.2, 0.25) is 5.88 Å². The average Bonchev–Trinajstić information content (AvgIpc) is 2.68. The molecule has 158 valence electrons.